The Kier molecular flexibility index (Phi) is 4.99. The van der Waals surface area contributed by atoms with Crippen molar-refractivity contribution in [2.45, 2.75) is 11.8 Å². The molecule has 0 heterocycles. The summed E-state index contributed by atoms with van der Waals surface area (Å²) in [6.45, 7) is 1.73. The minimum absolute atomic E-state index is 0.205. The number of hydrogen-bond acceptors (Lipinski definition) is 6. The highest BCUT2D eigenvalue weighted by atomic mass is 32.2. The average Bonchev–Trinajstić information content (AvgIpc) is 2.59. The predicted molar refractivity (Wildman–Crippen MR) is 107 cm³/mol. The van der Waals surface area contributed by atoms with E-state index in [1.807, 2.05) is 0 Å². The topological polar surface area (TPSA) is 160 Å². The lowest BCUT2D eigenvalue weighted by molar-refractivity contribution is 0.259. The van der Waals surface area contributed by atoms with Gasteiger partial charge in [0.25, 0.3) is 10.1 Å². The number of azo groups is 1. The molecule has 0 bridgehead atoms. The summed E-state index contributed by atoms with van der Waals surface area (Å²) in [5.74, 6) is 0. The fourth-order valence-electron chi connectivity index (χ4n) is 2.72. The molecular formula is C18H17N5O4S. The summed E-state index contributed by atoms with van der Waals surface area (Å²) >= 11 is 0. The molecule has 10 heteroatoms. The smallest absolute Gasteiger partial charge is 0.316 e. The number of carbonyl (C=O) groups is 1. The van der Waals surface area contributed by atoms with E-state index in [-0.39, 0.29) is 10.6 Å². The van der Waals surface area contributed by atoms with Crippen LogP contribution in [-0.2, 0) is 10.1 Å². The van der Waals surface area contributed by atoms with E-state index in [9.17, 15) is 17.8 Å². The van der Waals surface area contributed by atoms with Crippen molar-refractivity contribution < 1.29 is 17.8 Å². The Morgan fingerprint density at radius 1 is 1.07 bits per heavy atom. The highest BCUT2D eigenvalue weighted by Crippen LogP contribution is 2.32. The maximum absolute atomic E-state index is 11.7. The zero-order chi connectivity index (χ0) is 20.5. The summed E-state index contributed by atoms with van der Waals surface area (Å²) in [4.78, 5) is 10.9. The zero-order valence-corrected chi connectivity index (χ0v) is 15.6. The van der Waals surface area contributed by atoms with Gasteiger partial charge in [0.15, 0.2) is 0 Å². The molecule has 6 N–H and O–H groups in total. The molecule has 0 spiro atoms. The van der Waals surface area contributed by atoms with E-state index in [0.717, 1.165) is 0 Å². The van der Waals surface area contributed by atoms with Crippen molar-refractivity contribution in [3.05, 3.63) is 54.1 Å². The predicted octanol–water partition coefficient (Wildman–Crippen LogP) is 3.88. The molecule has 2 amide bonds. The number of amides is 2. The average molecular weight is 399 g/mol. The maximum atomic E-state index is 11.7. The molecule has 0 radical (unpaired) electrons. The number of anilines is 2. The van der Waals surface area contributed by atoms with E-state index >= 15 is 0 Å². The van der Waals surface area contributed by atoms with E-state index in [1.165, 1.54) is 18.2 Å². The highest BCUT2D eigenvalue weighted by molar-refractivity contribution is 7.86. The number of urea groups is 1. The number of rotatable bonds is 4. The molecule has 0 aliphatic carbocycles. The van der Waals surface area contributed by atoms with E-state index in [2.05, 4.69) is 15.5 Å². The molecule has 0 aliphatic heterocycles. The Hall–Kier alpha value is -3.50. The first-order chi connectivity index (χ1) is 13.1. The Morgan fingerprint density at radius 3 is 2.50 bits per heavy atom. The maximum Gasteiger partial charge on any atom is 0.316 e. The fraction of sp³-hybridized carbons (Fsp3) is 0.0556. The number of nitrogens with one attached hydrogen (secondary N) is 1. The van der Waals surface area contributed by atoms with Gasteiger partial charge in [-0.1, -0.05) is 12.1 Å². The SMILES string of the molecule is Cc1cc(S(=O)(=O)O)c2cc(N=Nc3ccc(N)cc3NC(N)=O)ccc2c1. The first kappa shape index (κ1) is 19.3. The van der Waals surface area contributed by atoms with Crippen molar-refractivity contribution in [1.82, 2.24) is 0 Å². The van der Waals surface area contributed by atoms with Gasteiger partial charge in [0, 0.05) is 11.1 Å². The van der Waals surface area contributed by atoms with Crippen LogP contribution in [0.25, 0.3) is 10.8 Å². The molecule has 0 atom stereocenters. The van der Waals surface area contributed by atoms with Crippen LogP contribution in [0.2, 0.25) is 0 Å². The Bertz CT molecular complexity index is 1220. The number of fused-ring (bicyclic) bond motifs is 1. The van der Waals surface area contributed by atoms with E-state index in [4.69, 9.17) is 11.5 Å². The van der Waals surface area contributed by atoms with Gasteiger partial charge in [-0.2, -0.15) is 13.5 Å². The quantitative estimate of drug-likeness (QED) is 0.297. The zero-order valence-electron chi connectivity index (χ0n) is 14.7. The van der Waals surface area contributed by atoms with E-state index < -0.39 is 16.1 Å². The molecule has 28 heavy (non-hydrogen) atoms. The number of aryl methyl sites for hydroxylation is 1. The number of hydrogen-bond donors (Lipinski definition) is 4. The summed E-state index contributed by atoms with van der Waals surface area (Å²) in [5, 5.41) is 11.5. The van der Waals surface area contributed by atoms with Crippen molar-refractivity contribution >= 4 is 49.7 Å². The van der Waals surface area contributed by atoms with Gasteiger partial charge in [-0.15, -0.1) is 5.11 Å². The number of nitrogen functional groups attached to an aromatic ring is 1. The number of carbonyl (C=O) groups excluding carboxylic acids is 1. The van der Waals surface area contributed by atoms with Crippen LogP contribution in [0.15, 0.2) is 63.7 Å². The second-order valence-electron chi connectivity index (χ2n) is 6.11. The number of nitrogens with zero attached hydrogens (tertiary/aromatic N) is 2. The first-order valence-electron chi connectivity index (χ1n) is 8.03. The second-order valence-corrected chi connectivity index (χ2v) is 7.50. The molecule has 3 aromatic rings. The number of nitrogens with two attached hydrogens (primary N) is 2. The molecule has 0 unspecified atom stereocenters. The molecular weight excluding hydrogens is 382 g/mol. The standard InChI is InChI=1S/C18H17N5O4S/c1-10-6-11-2-4-13(9-14(11)17(7-10)28(25,26)27)22-23-15-5-3-12(19)8-16(15)21-18(20)24/h2-9H,19H2,1H3,(H3,20,21,24)(H,25,26,27). The second kappa shape index (κ2) is 7.25. The molecule has 0 fully saturated rings. The van der Waals surface area contributed by atoms with Crippen molar-refractivity contribution in [3.63, 3.8) is 0 Å². The first-order valence-corrected chi connectivity index (χ1v) is 9.47. The van der Waals surface area contributed by atoms with Crippen LogP contribution < -0.4 is 16.8 Å². The monoisotopic (exact) mass is 399 g/mol. The molecule has 0 aliphatic rings. The van der Waals surface area contributed by atoms with Gasteiger partial charge in [0.1, 0.15) is 10.6 Å². The lowest BCUT2D eigenvalue weighted by Crippen LogP contribution is -2.19. The van der Waals surface area contributed by atoms with Crippen LogP contribution in [0.3, 0.4) is 0 Å². The van der Waals surface area contributed by atoms with Crippen molar-refractivity contribution in [2.24, 2.45) is 16.0 Å². The van der Waals surface area contributed by atoms with Crippen LogP contribution in [-0.4, -0.2) is 19.0 Å². The minimum atomic E-state index is -4.41. The van der Waals surface area contributed by atoms with Crippen LogP contribution in [0.1, 0.15) is 5.56 Å². The normalized spacial score (nSPS) is 11.8. The summed E-state index contributed by atoms with van der Waals surface area (Å²) in [6, 6.07) is 11.8. The van der Waals surface area contributed by atoms with Crippen molar-refractivity contribution in [3.8, 4) is 0 Å². The summed E-state index contributed by atoms with van der Waals surface area (Å²) in [6.07, 6.45) is 0. The summed E-state index contributed by atoms with van der Waals surface area (Å²) < 4.78 is 32.9. The van der Waals surface area contributed by atoms with Crippen molar-refractivity contribution in [2.75, 3.05) is 11.1 Å². The molecule has 0 saturated carbocycles. The lowest BCUT2D eigenvalue weighted by atomic mass is 10.1. The lowest BCUT2D eigenvalue weighted by Gasteiger charge is -2.07. The molecule has 0 saturated heterocycles. The highest BCUT2D eigenvalue weighted by Gasteiger charge is 2.15. The van der Waals surface area contributed by atoms with Crippen LogP contribution in [0.4, 0.5) is 27.5 Å². The molecule has 0 aromatic heterocycles. The van der Waals surface area contributed by atoms with Gasteiger partial charge in [-0.25, -0.2) is 4.79 Å². The number of primary amides is 1. The van der Waals surface area contributed by atoms with Gasteiger partial charge >= 0.3 is 6.03 Å². The summed E-state index contributed by atoms with van der Waals surface area (Å²) in [5.41, 5.74) is 12.9. The Labute approximate surface area is 160 Å². The molecule has 9 nitrogen and oxygen atoms in total. The van der Waals surface area contributed by atoms with Crippen LogP contribution >= 0.6 is 0 Å². The van der Waals surface area contributed by atoms with Gasteiger partial charge in [0.05, 0.1) is 11.4 Å². The fourth-order valence-corrected chi connectivity index (χ4v) is 3.51. The van der Waals surface area contributed by atoms with Crippen molar-refractivity contribution in [1.29, 1.82) is 0 Å². The third-order valence-corrected chi connectivity index (χ3v) is 4.77. The third-order valence-electron chi connectivity index (χ3n) is 3.87. The summed E-state index contributed by atoms with van der Waals surface area (Å²) in [7, 11) is -4.41. The minimum Gasteiger partial charge on any atom is -0.399 e. The third kappa shape index (κ3) is 4.24. The largest absolute Gasteiger partial charge is 0.399 e. The van der Waals surface area contributed by atoms with Gasteiger partial charge < -0.3 is 16.8 Å². The number of benzene rings is 3. The molecule has 3 aromatic carbocycles. The van der Waals surface area contributed by atoms with Crippen LogP contribution in [0, 0.1) is 6.92 Å². The van der Waals surface area contributed by atoms with Gasteiger partial charge in [-0.05, 0) is 54.3 Å². The van der Waals surface area contributed by atoms with E-state index in [1.54, 1.807) is 37.3 Å². The Morgan fingerprint density at radius 2 is 1.82 bits per heavy atom. The molecule has 3 rings (SSSR count). The molecule has 144 valence electrons. The van der Waals surface area contributed by atoms with E-state index in [0.29, 0.717) is 33.4 Å². The van der Waals surface area contributed by atoms with Gasteiger partial charge in [0.2, 0.25) is 0 Å². The van der Waals surface area contributed by atoms with Crippen LogP contribution in [0.5, 0.6) is 0 Å². The van der Waals surface area contributed by atoms with Gasteiger partial charge in [-0.3, -0.25) is 4.55 Å². The Balaban J connectivity index is 2.06.